The van der Waals surface area contributed by atoms with Crippen LogP contribution in [0.4, 0.5) is 0 Å². The largest absolute Gasteiger partial charge is 0.478 e. The molecule has 0 spiro atoms. The number of rotatable bonds is 6. The van der Waals surface area contributed by atoms with E-state index in [1.807, 2.05) is 6.07 Å². The maximum atomic E-state index is 12.4. The third-order valence-corrected chi connectivity index (χ3v) is 4.58. The predicted octanol–water partition coefficient (Wildman–Crippen LogP) is 1.93. The van der Waals surface area contributed by atoms with Gasteiger partial charge in [0.15, 0.2) is 0 Å². The molecular formula is C19H21N3O4. The molecule has 26 heavy (non-hydrogen) atoms. The molecule has 0 aliphatic carbocycles. The van der Waals surface area contributed by atoms with Crippen molar-refractivity contribution in [3.63, 3.8) is 0 Å². The summed E-state index contributed by atoms with van der Waals surface area (Å²) in [7, 11) is 0. The molecule has 0 unspecified atom stereocenters. The zero-order chi connectivity index (χ0) is 18.4. The fraction of sp³-hybridized carbons (Fsp3) is 0.368. The highest BCUT2D eigenvalue weighted by molar-refractivity contribution is 5.80. The molecule has 1 N–H and O–H groups in total. The summed E-state index contributed by atoms with van der Waals surface area (Å²) >= 11 is 0. The maximum Gasteiger partial charge on any atom is 0.348 e. The first-order valence-corrected chi connectivity index (χ1v) is 8.59. The molecular weight excluding hydrogens is 334 g/mol. The van der Waals surface area contributed by atoms with E-state index in [0.29, 0.717) is 31.7 Å². The van der Waals surface area contributed by atoms with Gasteiger partial charge in [-0.25, -0.2) is 4.79 Å². The van der Waals surface area contributed by atoms with Crippen molar-refractivity contribution >= 4 is 11.9 Å². The lowest BCUT2D eigenvalue weighted by atomic mass is 9.90. The summed E-state index contributed by atoms with van der Waals surface area (Å²) in [6, 6.07) is 8.93. The molecule has 2 aromatic rings. The van der Waals surface area contributed by atoms with E-state index in [0.717, 1.165) is 5.69 Å². The van der Waals surface area contributed by atoms with Gasteiger partial charge in [0.05, 0.1) is 5.69 Å². The first-order chi connectivity index (χ1) is 12.6. The van der Waals surface area contributed by atoms with Crippen LogP contribution in [0.1, 0.15) is 25.0 Å². The number of hydrogen-bond acceptors (Lipinski definition) is 5. The summed E-state index contributed by atoms with van der Waals surface area (Å²) in [5.74, 6) is -0.473. The number of amides is 1. The van der Waals surface area contributed by atoms with Gasteiger partial charge in [0.1, 0.15) is 5.75 Å². The first-order valence-electron chi connectivity index (χ1n) is 8.59. The lowest BCUT2D eigenvalue weighted by molar-refractivity contribution is -0.161. The molecule has 1 amide bonds. The van der Waals surface area contributed by atoms with Crippen molar-refractivity contribution in [3.8, 4) is 5.75 Å². The third kappa shape index (κ3) is 4.17. The number of hydrogen-bond donors (Lipinski definition) is 1. The number of carbonyl (C=O) groups is 2. The van der Waals surface area contributed by atoms with Crippen LogP contribution in [0.2, 0.25) is 0 Å². The number of carbonyl (C=O) groups excluding carboxylic acids is 1. The topological polar surface area (TPSA) is 92.6 Å². The lowest BCUT2D eigenvalue weighted by Crippen LogP contribution is -2.54. The molecule has 1 aliphatic heterocycles. The van der Waals surface area contributed by atoms with Crippen LogP contribution in [0.5, 0.6) is 5.75 Å². The van der Waals surface area contributed by atoms with Gasteiger partial charge < -0.3 is 14.7 Å². The number of carboxylic acids is 1. The lowest BCUT2D eigenvalue weighted by Gasteiger charge is -2.38. The number of carboxylic acid groups (broad SMARTS) is 1. The molecule has 1 aliphatic rings. The molecule has 0 saturated carbocycles. The van der Waals surface area contributed by atoms with Gasteiger partial charge in [-0.15, -0.1) is 0 Å². The van der Waals surface area contributed by atoms with E-state index in [9.17, 15) is 14.7 Å². The summed E-state index contributed by atoms with van der Waals surface area (Å²) in [5.41, 5.74) is -0.520. The van der Waals surface area contributed by atoms with Crippen LogP contribution in [0.25, 0.3) is 0 Å². The summed E-state index contributed by atoms with van der Waals surface area (Å²) in [4.78, 5) is 34.1. The van der Waals surface area contributed by atoms with Gasteiger partial charge in [0, 0.05) is 50.9 Å². The molecule has 0 bridgehead atoms. The fourth-order valence-electron chi connectivity index (χ4n) is 3.04. The standard InChI is InChI=1S/C19H21N3O4/c23-17(7-6-15-14-20-10-11-21-15)22-12-8-19(9-13-22,18(24)25)26-16-4-2-1-3-5-16/h1-5,10-11,14H,6-9,12-13H2,(H,24,25). The van der Waals surface area contributed by atoms with E-state index in [1.165, 1.54) is 0 Å². The Kier molecular flexibility index (Phi) is 5.46. The van der Waals surface area contributed by atoms with Gasteiger partial charge in [-0.05, 0) is 18.6 Å². The summed E-state index contributed by atoms with van der Waals surface area (Å²) < 4.78 is 5.81. The molecule has 7 nitrogen and oxygen atoms in total. The molecule has 2 heterocycles. The van der Waals surface area contributed by atoms with Crippen LogP contribution >= 0.6 is 0 Å². The van der Waals surface area contributed by atoms with E-state index in [1.54, 1.807) is 47.8 Å². The highest BCUT2D eigenvalue weighted by Crippen LogP contribution is 2.29. The van der Waals surface area contributed by atoms with Gasteiger partial charge in [-0.1, -0.05) is 18.2 Å². The minimum Gasteiger partial charge on any atom is -0.478 e. The van der Waals surface area contributed by atoms with Gasteiger partial charge in [0.25, 0.3) is 0 Å². The minimum atomic E-state index is -1.29. The number of aryl methyl sites for hydroxylation is 1. The van der Waals surface area contributed by atoms with Crippen molar-refractivity contribution in [2.24, 2.45) is 0 Å². The Labute approximate surface area is 151 Å². The van der Waals surface area contributed by atoms with E-state index >= 15 is 0 Å². The second-order valence-electron chi connectivity index (χ2n) is 6.29. The molecule has 3 rings (SSSR count). The monoisotopic (exact) mass is 355 g/mol. The Morgan fingerprint density at radius 2 is 1.88 bits per heavy atom. The quantitative estimate of drug-likeness (QED) is 0.851. The van der Waals surface area contributed by atoms with Crippen molar-refractivity contribution in [1.29, 1.82) is 0 Å². The van der Waals surface area contributed by atoms with Crippen LogP contribution in [-0.4, -0.2) is 50.5 Å². The minimum absolute atomic E-state index is 0.00523. The first kappa shape index (κ1) is 17.8. The Hall–Kier alpha value is -2.96. The number of aromatic nitrogens is 2. The van der Waals surface area contributed by atoms with Crippen LogP contribution < -0.4 is 4.74 Å². The number of likely N-dealkylation sites (tertiary alicyclic amines) is 1. The van der Waals surface area contributed by atoms with Crippen molar-refractivity contribution in [2.45, 2.75) is 31.3 Å². The highest BCUT2D eigenvalue weighted by Gasteiger charge is 2.44. The number of benzene rings is 1. The van der Waals surface area contributed by atoms with E-state index in [2.05, 4.69) is 9.97 Å². The Morgan fingerprint density at radius 3 is 2.50 bits per heavy atom. The molecule has 1 fully saturated rings. The average Bonchev–Trinajstić information content (AvgIpc) is 2.68. The van der Waals surface area contributed by atoms with E-state index in [4.69, 9.17) is 4.74 Å². The molecule has 1 aromatic heterocycles. The van der Waals surface area contributed by atoms with Crippen LogP contribution in [0, 0.1) is 0 Å². The summed E-state index contributed by atoms with van der Waals surface area (Å²) in [5, 5.41) is 9.68. The molecule has 1 saturated heterocycles. The van der Waals surface area contributed by atoms with Crippen molar-refractivity contribution in [3.05, 3.63) is 54.6 Å². The van der Waals surface area contributed by atoms with Gasteiger partial charge in [0.2, 0.25) is 11.5 Å². The Morgan fingerprint density at radius 1 is 1.15 bits per heavy atom. The van der Waals surface area contributed by atoms with Crippen LogP contribution in [-0.2, 0) is 16.0 Å². The second-order valence-corrected chi connectivity index (χ2v) is 6.29. The molecule has 0 radical (unpaired) electrons. The number of para-hydroxylation sites is 1. The molecule has 7 heteroatoms. The second kappa shape index (κ2) is 7.95. The highest BCUT2D eigenvalue weighted by atomic mass is 16.5. The Bertz CT molecular complexity index is 744. The molecule has 1 aromatic carbocycles. The normalized spacial score (nSPS) is 16.1. The van der Waals surface area contributed by atoms with E-state index < -0.39 is 11.6 Å². The van der Waals surface area contributed by atoms with Crippen molar-refractivity contribution in [1.82, 2.24) is 14.9 Å². The molecule has 0 atom stereocenters. The maximum absolute atomic E-state index is 12.4. The van der Waals surface area contributed by atoms with Gasteiger partial charge >= 0.3 is 5.97 Å². The summed E-state index contributed by atoms with van der Waals surface area (Å²) in [6.45, 7) is 0.719. The van der Waals surface area contributed by atoms with Gasteiger partial charge in [-0.3, -0.25) is 14.8 Å². The van der Waals surface area contributed by atoms with Crippen molar-refractivity contribution < 1.29 is 19.4 Å². The third-order valence-electron chi connectivity index (χ3n) is 4.58. The van der Waals surface area contributed by atoms with E-state index in [-0.39, 0.29) is 18.7 Å². The molecule has 136 valence electrons. The van der Waals surface area contributed by atoms with Crippen LogP contribution in [0.15, 0.2) is 48.9 Å². The Balaban J connectivity index is 1.57. The SMILES string of the molecule is O=C(CCc1cnccn1)N1CCC(Oc2ccccc2)(C(=O)O)CC1. The zero-order valence-corrected chi connectivity index (χ0v) is 14.4. The number of aliphatic carboxylic acids is 1. The average molecular weight is 355 g/mol. The van der Waals surface area contributed by atoms with Crippen molar-refractivity contribution in [2.75, 3.05) is 13.1 Å². The summed E-state index contributed by atoms with van der Waals surface area (Å²) in [6.07, 6.45) is 6.21. The smallest absolute Gasteiger partial charge is 0.348 e. The van der Waals surface area contributed by atoms with Gasteiger partial charge in [-0.2, -0.15) is 0 Å². The predicted molar refractivity (Wildman–Crippen MR) is 93.6 cm³/mol. The zero-order valence-electron chi connectivity index (χ0n) is 14.4. The number of nitrogens with zero attached hydrogens (tertiary/aromatic N) is 3. The number of piperidine rings is 1. The van der Waals surface area contributed by atoms with Crippen LogP contribution in [0.3, 0.4) is 0 Å². The number of ether oxygens (including phenoxy) is 1. The fourth-order valence-corrected chi connectivity index (χ4v) is 3.04.